The maximum atomic E-state index is 5.74. The number of nitrogens with zero attached hydrogens (tertiary/aromatic N) is 1. The van der Waals surface area contributed by atoms with Gasteiger partial charge in [-0.1, -0.05) is 36.0 Å². The third-order valence-corrected chi connectivity index (χ3v) is 3.85. The predicted octanol–water partition coefficient (Wildman–Crippen LogP) is 3.74. The van der Waals surface area contributed by atoms with Crippen LogP contribution < -0.4 is 9.47 Å². The summed E-state index contributed by atoms with van der Waals surface area (Å²) in [4.78, 5) is 7.81. The number of hydrogen-bond donors (Lipinski definition) is 1. The maximum absolute atomic E-state index is 5.74. The van der Waals surface area contributed by atoms with Crippen molar-refractivity contribution in [2.75, 3.05) is 19.5 Å². The van der Waals surface area contributed by atoms with Crippen LogP contribution in [0.4, 0.5) is 0 Å². The number of fused-ring (bicyclic) bond motifs is 1. The molecule has 0 saturated heterocycles. The Morgan fingerprint density at radius 3 is 2.62 bits per heavy atom. The molecule has 3 rings (SSSR count). The number of methoxy groups -OCH3 is 1. The molecule has 0 spiro atoms. The monoisotopic (exact) mass is 300 g/mol. The molecule has 0 radical (unpaired) electrons. The first-order valence-corrected chi connectivity index (χ1v) is 7.69. The average Bonchev–Trinajstić information content (AvgIpc) is 2.94. The van der Waals surface area contributed by atoms with Crippen LogP contribution in [0.25, 0.3) is 11.0 Å². The molecule has 5 heteroatoms. The van der Waals surface area contributed by atoms with E-state index in [1.165, 1.54) is 0 Å². The van der Waals surface area contributed by atoms with Gasteiger partial charge >= 0.3 is 0 Å². The van der Waals surface area contributed by atoms with Crippen LogP contribution in [0.1, 0.15) is 0 Å². The first kappa shape index (κ1) is 13.8. The highest BCUT2D eigenvalue weighted by Crippen LogP contribution is 2.26. The lowest BCUT2D eigenvalue weighted by molar-refractivity contribution is 0.313. The van der Waals surface area contributed by atoms with Gasteiger partial charge in [0.2, 0.25) is 0 Å². The molecule has 0 saturated carbocycles. The van der Waals surface area contributed by atoms with E-state index in [0.29, 0.717) is 6.61 Å². The molecule has 108 valence electrons. The fraction of sp³-hybridized carbons (Fsp3) is 0.188. The summed E-state index contributed by atoms with van der Waals surface area (Å²) in [7, 11) is 1.64. The van der Waals surface area contributed by atoms with E-state index in [1.807, 2.05) is 48.5 Å². The molecule has 0 fully saturated rings. The molecule has 1 heterocycles. The molecule has 3 aromatic rings. The molecule has 1 aromatic heterocycles. The minimum absolute atomic E-state index is 0.599. The van der Waals surface area contributed by atoms with Gasteiger partial charge in [0, 0.05) is 5.75 Å². The molecule has 0 aliphatic heterocycles. The van der Waals surface area contributed by atoms with Crippen molar-refractivity contribution in [1.82, 2.24) is 9.97 Å². The van der Waals surface area contributed by atoms with Crippen molar-refractivity contribution in [3.05, 3.63) is 48.5 Å². The summed E-state index contributed by atoms with van der Waals surface area (Å²) in [6.07, 6.45) is 0. The van der Waals surface area contributed by atoms with Gasteiger partial charge in [0.1, 0.15) is 0 Å². The van der Waals surface area contributed by atoms with Crippen LogP contribution in [0.2, 0.25) is 0 Å². The lowest BCUT2D eigenvalue weighted by Crippen LogP contribution is -2.01. The van der Waals surface area contributed by atoms with Crippen LogP contribution in [0.3, 0.4) is 0 Å². The van der Waals surface area contributed by atoms with E-state index in [1.54, 1.807) is 18.9 Å². The van der Waals surface area contributed by atoms with Gasteiger partial charge < -0.3 is 14.5 Å². The van der Waals surface area contributed by atoms with E-state index in [2.05, 4.69) is 9.97 Å². The Morgan fingerprint density at radius 2 is 1.81 bits per heavy atom. The molecular weight excluding hydrogens is 284 g/mol. The summed E-state index contributed by atoms with van der Waals surface area (Å²) in [5.41, 5.74) is 2.05. The van der Waals surface area contributed by atoms with E-state index in [0.717, 1.165) is 33.4 Å². The smallest absolute Gasteiger partial charge is 0.166 e. The van der Waals surface area contributed by atoms with Gasteiger partial charge in [-0.2, -0.15) is 0 Å². The van der Waals surface area contributed by atoms with Crippen molar-refractivity contribution >= 4 is 22.8 Å². The third kappa shape index (κ3) is 3.31. The Balaban J connectivity index is 1.54. The van der Waals surface area contributed by atoms with Crippen molar-refractivity contribution in [3.63, 3.8) is 0 Å². The van der Waals surface area contributed by atoms with Gasteiger partial charge in [0.25, 0.3) is 0 Å². The number of hydrogen-bond acceptors (Lipinski definition) is 4. The highest BCUT2D eigenvalue weighted by molar-refractivity contribution is 7.99. The summed E-state index contributed by atoms with van der Waals surface area (Å²) in [5, 5.41) is 0.917. The molecule has 2 aromatic carbocycles. The second kappa shape index (κ2) is 6.54. The van der Waals surface area contributed by atoms with Gasteiger partial charge in [-0.05, 0) is 24.3 Å². The molecule has 0 amide bonds. The molecule has 0 aliphatic carbocycles. The second-order valence-electron chi connectivity index (χ2n) is 4.41. The number of imidazole rings is 1. The van der Waals surface area contributed by atoms with Crippen molar-refractivity contribution in [2.45, 2.75) is 5.16 Å². The third-order valence-electron chi connectivity index (χ3n) is 3.02. The second-order valence-corrected chi connectivity index (χ2v) is 5.49. The Morgan fingerprint density at radius 1 is 1.05 bits per heavy atom. The zero-order valence-electron chi connectivity index (χ0n) is 11.7. The average molecular weight is 300 g/mol. The molecule has 0 unspecified atom stereocenters. The summed E-state index contributed by atoms with van der Waals surface area (Å²) in [5.74, 6) is 2.34. The van der Waals surface area contributed by atoms with Gasteiger partial charge in [-0.15, -0.1) is 0 Å². The summed E-state index contributed by atoms with van der Waals surface area (Å²) < 4.78 is 11.0. The normalized spacial score (nSPS) is 10.7. The van der Waals surface area contributed by atoms with E-state index in [-0.39, 0.29) is 0 Å². The summed E-state index contributed by atoms with van der Waals surface area (Å²) >= 11 is 1.65. The zero-order chi connectivity index (χ0) is 14.5. The summed E-state index contributed by atoms with van der Waals surface area (Å²) in [6, 6.07) is 15.7. The largest absolute Gasteiger partial charge is 0.493 e. The molecular formula is C16H16N2O2S. The fourth-order valence-electron chi connectivity index (χ4n) is 2.03. The molecule has 4 nitrogen and oxygen atoms in total. The molecule has 0 bridgehead atoms. The number of thioether (sulfide) groups is 1. The molecule has 1 N–H and O–H groups in total. The Kier molecular flexibility index (Phi) is 4.31. The minimum Gasteiger partial charge on any atom is -0.493 e. The van der Waals surface area contributed by atoms with Gasteiger partial charge in [0.05, 0.1) is 24.8 Å². The lowest BCUT2D eigenvalue weighted by Gasteiger charge is -2.09. The van der Waals surface area contributed by atoms with Crippen molar-refractivity contribution in [1.29, 1.82) is 0 Å². The van der Waals surface area contributed by atoms with E-state index in [9.17, 15) is 0 Å². The highest BCUT2D eigenvalue weighted by Gasteiger charge is 2.04. The molecule has 0 atom stereocenters. The summed E-state index contributed by atoms with van der Waals surface area (Å²) in [6.45, 7) is 0.599. The maximum Gasteiger partial charge on any atom is 0.166 e. The number of nitrogens with one attached hydrogen (secondary N) is 1. The Labute approximate surface area is 127 Å². The standard InChI is InChI=1S/C16H16N2O2S/c1-19-14-8-4-5-9-15(14)20-10-11-21-16-17-12-6-2-3-7-13(12)18-16/h2-9H,10-11H2,1H3,(H,17,18). The number of para-hydroxylation sites is 4. The minimum atomic E-state index is 0.599. The van der Waals surface area contributed by atoms with Crippen LogP contribution >= 0.6 is 11.8 Å². The van der Waals surface area contributed by atoms with Crippen molar-refractivity contribution in [2.24, 2.45) is 0 Å². The van der Waals surface area contributed by atoms with E-state index in [4.69, 9.17) is 9.47 Å². The van der Waals surface area contributed by atoms with Crippen LogP contribution in [0.15, 0.2) is 53.7 Å². The quantitative estimate of drug-likeness (QED) is 0.556. The van der Waals surface area contributed by atoms with Gasteiger partial charge in [-0.3, -0.25) is 0 Å². The van der Waals surface area contributed by atoms with Gasteiger partial charge in [0.15, 0.2) is 16.7 Å². The number of benzene rings is 2. The van der Waals surface area contributed by atoms with Crippen LogP contribution in [0.5, 0.6) is 11.5 Å². The Hall–Kier alpha value is -2.14. The molecule has 21 heavy (non-hydrogen) atoms. The SMILES string of the molecule is COc1ccccc1OCCSc1nc2ccccc2[nH]1. The first-order valence-electron chi connectivity index (χ1n) is 6.70. The van der Waals surface area contributed by atoms with Crippen LogP contribution in [0, 0.1) is 0 Å². The van der Waals surface area contributed by atoms with Crippen molar-refractivity contribution < 1.29 is 9.47 Å². The number of H-pyrrole nitrogens is 1. The van der Waals surface area contributed by atoms with Crippen molar-refractivity contribution in [3.8, 4) is 11.5 Å². The van der Waals surface area contributed by atoms with E-state index >= 15 is 0 Å². The van der Waals surface area contributed by atoms with E-state index < -0.39 is 0 Å². The number of aromatic nitrogens is 2. The first-order chi connectivity index (χ1) is 10.4. The van der Waals surface area contributed by atoms with Gasteiger partial charge in [-0.25, -0.2) is 4.98 Å². The zero-order valence-corrected chi connectivity index (χ0v) is 12.5. The number of ether oxygens (including phenoxy) is 2. The highest BCUT2D eigenvalue weighted by atomic mass is 32.2. The van der Waals surface area contributed by atoms with Crippen LogP contribution in [-0.2, 0) is 0 Å². The van der Waals surface area contributed by atoms with Crippen LogP contribution in [-0.4, -0.2) is 29.4 Å². The molecule has 0 aliphatic rings. The lowest BCUT2D eigenvalue weighted by atomic mass is 10.3. The predicted molar refractivity (Wildman–Crippen MR) is 85.3 cm³/mol. The number of aromatic amines is 1. The Bertz CT molecular complexity index is 694. The topological polar surface area (TPSA) is 47.1 Å². The number of rotatable bonds is 6. The fourth-order valence-corrected chi connectivity index (χ4v) is 2.73.